The van der Waals surface area contributed by atoms with Crippen molar-refractivity contribution in [2.45, 2.75) is 26.3 Å². The highest BCUT2D eigenvalue weighted by atomic mass is 19.1. The van der Waals surface area contributed by atoms with E-state index in [0.29, 0.717) is 0 Å². The zero-order valence-electron chi connectivity index (χ0n) is 10.4. The molecule has 0 fully saturated rings. The van der Waals surface area contributed by atoms with Gasteiger partial charge in [-0.15, -0.1) is 0 Å². The standard InChI is InChI=1S/C13H20FNO2/c1-3-6-15-10(2)11-4-5-13(12(14)9-11)17-8-7-16/h4-5,9-10,15-16H,3,6-8H2,1-2H3. The highest BCUT2D eigenvalue weighted by Gasteiger charge is 2.09. The van der Waals surface area contributed by atoms with Gasteiger partial charge in [-0.2, -0.15) is 0 Å². The minimum absolute atomic E-state index is 0.111. The summed E-state index contributed by atoms with van der Waals surface area (Å²) in [5, 5.41) is 11.9. The van der Waals surface area contributed by atoms with Gasteiger partial charge in [0.15, 0.2) is 11.6 Å². The Morgan fingerprint density at radius 2 is 2.24 bits per heavy atom. The minimum Gasteiger partial charge on any atom is -0.488 e. The second-order valence-corrected chi connectivity index (χ2v) is 3.94. The Hall–Kier alpha value is -1.13. The molecule has 0 saturated heterocycles. The van der Waals surface area contributed by atoms with E-state index in [0.717, 1.165) is 18.5 Å². The molecule has 1 unspecified atom stereocenters. The molecule has 96 valence electrons. The zero-order valence-corrected chi connectivity index (χ0v) is 10.4. The third-order valence-corrected chi connectivity index (χ3v) is 2.51. The Morgan fingerprint density at radius 1 is 1.47 bits per heavy atom. The van der Waals surface area contributed by atoms with Crippen molar-refractivity contribution in [3.8, 4) is 5.75 Å². The van der Waals surface area contributed by atoms with Gasteiger partial charge in [-0.1, -0.05) is 13.0 Å². The van der Waals surface area contributed by atoms with Gasteiger partial charge in [0.2, 0.25) is 0 Å². The number of hydrogen-bond donors (Lipinski definition) is 2. The second kappa shape index (κ2) is 7.25. The molecular formula is C13H20FNO2. The molecule has 0 heterocycles. The van der Waals surface area contributed by atoms with Gasteiger partial charge in [-0.05, 0) is 37.6 Å². The summed E-state index contributed by atoms with van der Waals surface area (Å²) in [5.41, 5.74) is 0.896. The minimum atomic E-state index is -0.388. The molecule has 0 aromatic heterocycles. The average Bonchev–Trinajstić information content (AvgIpc) is 2.34. The second-order valence-electron chi connectivity index (χ2n) is 3.94. The monoisotopic (exact) mass is 241 g/mol. The average molecular weight is 241 g/mol. The van der Waals surface area contributed by atoms with Crippen LogP contribution < -0.4 is 10.1 Å². The van der Waals surface area contributed by atoms with Crippen LogP contribution in [0.15, 0.2) is 18.2 Å². The molecule has 1 aromatic carbocycles. The van der Waals surface area contributed by atoms with E-state index >= 15 is 0 Å². The van der Waals surface area contributed by atoms with Crippen molar-refractivity contribution in [2.24, 2.45) is 0 Å². The van der Waals surface area contributed by atoms with Gasteiger partial charge in [0.1, 0.15) is 6.61 Å². The van der Waals surface area contributed by atoms with Gasteiger partial charge in [0.05, 0.1) is 6.61 Å². The number of benzene rings is 1. The first kappa shape index (κ1) is 13.9. The molecule has 17 heavy (non-hydrogen) atoms. The summed E-state index contributed by atoms with van der Waals surface area (Å²) in [6.07, 6.45) is 1.05. The van der Waals surface area contributed by atoms with Gasteiger partial charge in [0, 0.05) is 6.04 Å². The van der Waals surface area contributed by atoms with Crippen LogP contribution in [-0.2, 0) is 0 Å². The summed E-state index contributed by atoms with van der Waals surface area (Å²) >= 11 is 0. The summed E-state index contributed by atoms with van der Waals surface area (Å²) in [7, 11) is 0. The smallest absolute Gasteiger partial charge is 0.165 e. The predicted octanol–water partition coefficient (Wildman–Crippen LogP) is 2.26. The van der Waals surface area contributed by atoms with E-state index < -0.39 is 0 Å². The third kappa shape index (κ3) is 4.32. The summed E-state index contributed by atoms with van der Waals surface area (Å²) < 4.78 is 18.7. The van der Waals surface area contributed by atoms with E-state index in [4.69, 9.17) is 9.84 Å². The Morgan fingerprint density at radius 3 is 2.82 bits per heavy atom. The van der Waals surface area contributed by atoms with Gasteiger partial charge >= 0.3 is 0 Å². The zero-order chi connectivity index (χ0) is 12.7. The summed E-state index contributed by atoms with van der Waals surface area (Å²) in [6, 6.07) is 5.03. The van der Waals surface area contributed by atoms with E-state index in [-0.39, 0.29) is 30.8 Å². The van der Waals surface area contributed by atoms with Crippen molar-refractivity contribution in [3.05, 3.63) is 29.6 Å². The van der Waals surface area contributed by atoms with Crippen molar-refractivity contribution in [3.63, 3.8) is 0 Å². The molecular weight excluding hydrogens is 221 g/mol. The fourth-order valence-electron chi connectivity index (χ4n) is 1.54. The normalized spacial score (nSPS) is 12.5. The van der Waals surface area contributed by atoms with Crippen LogP contribution in [0.2, 0.25) is 0 Å². The Bertz CT molecular complexity index is 344. The Balaban J connectivity index is 2.67. The Kier molecular flexibility index (Phi) is 5.94. The maximum atomic E-state index is 13.6. The molecule has 0 spiro atoms. The predicted molar refractivity (Wildman–Crippen MR) is 65.7 cm³/mol. The first-order valence-corrected chi connectivity index (χ1v) is 5.95. The SMILES string of the molecule is CCCNC(C)c1ccc(OCCO)c(F)c1. The van der Waals surface area contributed by atoms with Crippen molar-refractivity contribution >= 4 is 0 Å². The fraction of sp³-hybridized carbons (Fsp3) is 0.538. The summed E-state index contributed by atoms with van der Waals surface area (Å²) in [5.74, 6) is -0.202. The number of ether oxygens (including phenoxy) is 1. The number of aliphatic hydroxyl groups is 1. The van der Waals surface area contributed by atoms with Crippen LogP contribution in [0.1, 0.15) is 31.9 Å². The molecule has 2 N–H and O–H groups in total. The quantitative estimate of drug-likeness (QED) is 0.769. The molecule has 0 aliphatic heterocycles. The van der Waals surface area contributed by atoms with Crippen LogP contribution >= 0.6 is 0 Å². The first-order chi connectivity index (χ1) is 8.19. The van der Waals surface area contributed by atoms with E-state index in [2.05, 4.69) is 12.2 Å². The highest BCUT2D eigenvalue weighted by Crippen LogP contribution is 2.21. The molecule has 1 atom stereocenters. The first-order valence-electron chi connectivity index (χ1n) is 5.95. The van der Waals surface area contributed by atoms with Gasteiger partial charge in [-0.3, -0.25) is 0 Å². The molecule has 0 aliphatic rings. The van der Waals surface area contributed by atoms with Crippen LogP contribution in [0.25, 0.3) is 0 Å². The van der Waals surface area contributed by atoms with Crippen LogP contribution in [0, 0.1) is 5.82 Å². The van der Waals surface area contributed by atoms with Crippen LogP contribution in [0.4, 0.5) is 4.39 Å². The fourth-order valence-corrected chi connectivity index (χ4v) is 1.54. The molecule has 0 aliphatic carbocycles. The van der Waals surface area contributed by atoms with Crippen molar-refractivity contribution < 1.29 is 14.2 Å². The molecule has 0 radical (unpaired) electrons. The lowest BCUT2D eigenvalue weighted by atomic mass is 10.1. The van der Waals surface area contributed by atoms with Crippen molar-refractivity contribution in [1.29, 1.82) is 0 Å². The molecule has 1 aromatic rings. The molecule has 1 rings (SSSR count). The van der Waals surface area contributed by atoms with Crippen LogP contribution in [0.3, 0.4) is 0 Å². The summed E-state index contributed by atoms with van der Waals surface area (Å²) in [6.45, 7) is 4.99. The molecule has 0 bridgehead atoms. The Labute approximate surface area is 102 Å². The number of rotatable bonds is 7. The lowest BCUT2D eigenvalue weighted by molar-refractivity contribution is 0.196. The van der Waals surface area contributed by atoms with E-state index in [1.54, 1.807) is 6.07 Å². The van der Waals surface area contributed by atoms with Gasteiger partial charge in [0.25, 0.3) is 0 Å². The number of aliphatic hydroxyl groups excluding tert-OH is 1. The molecule has 3 nitrogen and oxygen atoms in total. The topological polar surface area (TPSA) is 41.5 Å². The number of halogens is 1. The van der Waals surface area contributed by atoms with E-state index in [9.17, 15) is 4.39 Å². The van der Waals surface area contributed by atoms with Gasteiger partial charge in [-0.25, -0.2) is 4.39 Å². The molecule has 0 amide bonds. The van der Waals surface area contributed by atoms with Gasteiger partial charge < -0.3 is 15.2 Å². The lowest BCUT2D eigenvalue weighted by Gasteiger charge is -2.14. The molecule has 4 heteroatoms. The number of nitrogens with one attached hydrogen (secondary N) is 1. The molecule has 0 saturated carbocycles. The van der Waals surface area contributed by atoms with E-state index in [1.165, 1.54) is 6.07 Å². The van der Waals surface area contributed by atoms with Crippen molar-refractivity contribution in [2.75, 3.05) is 19.8 Å². The number of hydrogen-bond acceptors (Lipinski definition) is 3. The lowest BCUT2D eigenvalue weighted by Crippen LogP contribution is -2.19. The largest absolute Gasteiger partial charge is 0.488 e. The summed E-state index contributed by atoms with van der Waals surface area (Å²) in [4.78, 5) is 0. The highest BCUT2D eigenvalue weighted by molar-refractivity contribution is 5.30. The van der Waals surface area contributed by atoms with Crippen LogP contribution in [0.5, 0.6) is 5.75 Å². The van der Waals surface area contributed by atoms with Crippen LogP contribution in [-0.4, -0.2) is 24.9 Å². The van der Waals surface area contributed by atoms with E-state index in [1.807, 2.05) is 13.0 Å². The third-order valence-electron chi connectivity index (χ3n) is 2.51. The van der Waals surface area contributed by atoms with Crippen molar-refractivity contribution in [1.82, 2.24) is 5.32 Å². The maximum absolute atomic E-state index is 13.6. The maximum Gasteiger partial charge on any atom is 0.165 e.